The van der Waals surface area contributed by atoms with Crippen molar-refractivity contribution in [3.63, 3.8) is 0 Å². The first-order chi connectivity index (χ1) is 15.3. The summed E-state index contributed by atoms with van der Waals surface area (Å²) in [6, 6.07) is 14.5. The average molecular weight is 440 g/mol. The van der Waals surface area contributed by atoms with Gasteiger partial charge in [-0.15, -0.1) is 0 Å². The normalized spacial score (nSPS) is 13.7. The van der Waals surface area contributed by atoms with Crippen LogP contribution in [-0.4, -0.2) is 39.6 Å². The third-order valence-corrected chi connectivity index (χ3v) is 5.30. The van der Waals surface area contributed by atoms with Gasteiger partial charge in [0.1, 0.15) is 5.82 Å². The van der Waals surface area contributed by atoms with Crippen LogP contribution >= 0.6 is 0 Å². The van der Waals surface area contributed by atoms with E-state index >= 15 is 0 Å². The van der Waals surface area contributed by atoms with Crippen LogP contribution in [0.4, 0.5) is 4.39 Å². The number of benzene rings is 2. The number of ether oxygens (including phenoxy) is 1. The van der Waals surface area contributed by atoms with Gasteiger partial charge in [0.2, 0.25) is 0 Å². The fourth-order valence-corrected chi connectivity index (χ4v) is 3.98. The van der Waals surface area contributed by atoms with E-state index in [0.29, 0.717) is 0 Å². The minimum absolute atomic E-state index is 0.0170. The number of aromatic nitrogens is 1. The molecule has 5 nitrogen and oxygen atoms in total. The van der Waals surface area contributed by atoms with Crippen LogP contribution in [0.25, 0.3) is 28.1 Å². The van der Waals surface area contributed by atoms with E-state index in [1.807, 2.05) is 30.3 Å². The average Bonchev–Trinajstić information content (AvgIpc) is 3.07. The molecule has 0 saturated heterocycles. The van der Waals surface area contributed by atoms with Gasteiger partial charge in [0.15, 0.2) is 0 Å². The lowest BCUT2D eigenvalue weighted by molar-refractivity contribution is -0.145. The van der Waals surface area contributed by atoms with E-state index in [2.05, 4.69) is 18.4 Å². The summed E-state index contributed by atoms with van der Waals surface area (Å²) in [7, 11) is 0. The summed E-state index contributed by atoms with van der Waals surface area (Å²) in [5, 5.41) is 21.6. The summed E-state index contributed by atoms with van der Waals surface area (Å²) in [6.45, 7) is 6.11. The molecule has 0 bridgehead atoms. The predicted octanol–water partition coefficient (Wildman–Crippen LogP) is 5.11. The van der Waals surface area contributed by atoms with Gasteiger partial charge in [-0.2, -0.15) is 0 Å². The monoisotopic (exact) mass is 439 g/mol. The summed E-state index contributed by atoms with van der Waals surface area (Å²) in [6.07, 6.45) is 1.37. The maximum atomic E-state index is 13.6. The second-order valence-electron chi connectivity index (χ2n) is 8.07. The van der Waals surface area contributed by atoms with Crippen LogP contribution in [0.2, 0.25) is 0 Å². The van der Waals surface area contributed by atoms with Crippen molar-refractivity contribution >= 4 is 22.9 Å². The number of aliphatic hydroxyl groups excluding tert-OH is 2. The van der Waals surface area contributed by atoms with Crippen LogP contribution in [0.1, 0.15) is 45.3 Å². The van der Waals surface area contributed by atoms with Crippen LogP contribution in [0.5, 0.6) is 0 Å². The van der Waals surface area contributed by atoms with Gasteiger partial charge in [-0.3, -0.25) is 4.79 Å². The van der Waals surface area contributed by atoms with Crippen molar-refractivity contribution in [2.75, 3.05) is 6.61 Å². The molecule has 0 aliphatic heterocycles. The lowest BCUT2D eigenvalue weighted by Gasteiger charge is -2.15. The summed E-state index contributed by atoms with van der Waals surface area (Å²) in [5.41, 5.74) is 3.74. The highest BCUT2D eigenvalue weighted by molar-refractivity contribution is 6.01. The molecule has 32 heavy (non-hydrogen) atoms. The van der Waals surface area contributed by atoms with E-state index in [0.717, 1.165) is 27.7 Å². The minimum atomic E-state index is -0.999. The lowest BCUT2D eigenvalue weighted by atomic mass is 10.0. The fourth-order valence-electron chi connectivity index (χ4n) is 3.98. The minimum Gasteiger partial charge on any atom is -0.466 e. The quantitative estimate of drug-likeness (QED) is 0.455. The van der Waals surface area contributed by atoms with Crippen LogP contribution in [-0.2, 0) is 9.53 Å². The van der Waals surface area contributed by atoms with Gasteiger partial charge in [0.05, 0.1) is 25.2 Å². The second-order valence-corrected chi connectivity index (χ2v) is 8.07. The Bertz CT molecular complexity index is 1090. The van der Waals surface area contributed by atoms with Crippen LogP contribution in [0.15, 0.2) is 54.6 Å². The zero-order valence-corrected chi connectivity index (χ0v) is 18.7. The zero-order chi connectivity index (χ0) is 23.3. The first kappa shape index (κ1) is 23.7. The van der Waals surface area contributed by atoms with E-state index in [1.54, 1.807) is 25.1 Å². The smallest absolute Gasteiger partial charge is 0.308 e. The van der Waals surface area contributed by atoms with Gasteiger partial charge in [0, 0.05) is 34.6 Å². The number of esters is 1. The Labute approximate surface area is 187 Å². The summed E-state index contributed by atoms with van der Waals surface area (Å²) in [4.78, 5) is 11.5. The third kappa shape index (κ3) is 5.44. The molecule has 0 saturated carbocycles. The summed E-state index contributed by atoms with van der Waals surface area (Å²) >= 11 is 0. The van der Waals surface area contributed by atoms with E-state index < -0.39 is 18.2 Å². The van der Waals surface area contributed by atoms with Crippen molar-refractivity contribution in [3.8, 4) is 11.1 Å². The predicted molar refractivity (Wildman–Crippen MR) is 125 cm³/mol. The second kappa shape index (κ2) is 10.6. The number of fused-ring (bicyclic) bond motifs is 1. The highest BCUT2D eigenvalue weighted by Gasteiger charge is 2.19. The number of rotatable bonds is 9. The Morgan fingerprint density at radius 2 is 1.81 bits per heavy atom. The zero-order valence-electron chi connectivity index (χ0n) is 18.7. The molecule has 3 aromatic rings. The number of hydrogen-bond acceptors (Lipinski definition) is 4. The van der Waals surface area contributed by atoms with E-state index in [9.17, 15) is 19.4 Å². The number of hydrogen-bond donors (Lipinski definition) is 2. The Morgan fingerprint density at radius 1 is 1.12 bits per heavy atom. The number of carbonyl (C=O) groups excluding carboxylic acids is 1. The summed E-state index contributed by atoms with van der Waals surface area (Å²) in [5.74, 6) is -0.792. The van der Waals surface area contributed by atoms with Crippen LogP contribution in [0.3, 0.4) is 0 Å². The SMILES string of the molecule is CCOC(=O)C[C@@H](O)C[C@@H](O)C=Cc1c(-c2ccc(F)cc2)c2ccccc2n1C(C)C. The molecule has 3 rings (SSSR count). The third-order valence-electron chi connectivity index (χ3n) is 5.30. The molecule has 0 spiro atoms. The highest BCUT2D eigenvalue weighted by atomic mass is 19.1. The molecule has 0 amide bonds. The Morgan fingerprint density at radius 3 is 2.47 bits per heavy atom. The number of carbonyl (C=O) groups is 1. The molecule has 0 aliphatic rings. The van der Waals surface area contributed by atoms with Gasteiger partial charge in [-0.25, -0.2) is 4.39 Å². The van der Waals surface area contributed by atoms with Gasteiger partial charge in [0.25, 0.3) is 0 Å². The molecular weight excluding hydrogens is 409 g/mol. The molecule has 0 unspecified atom stereocenters. The largest absolute Gasteiger partial charge is 0.466 e. The molecular formula is C26H30FNO4. The molecule has 2 N–H and O–H groups in total. The van der Waals surface area contributed by atoms with Crippen LogP contribution < -0.4 is 0 Å². The Hall–Kier alpha value is -2.96. The van der Waals surface area contributed by atoms with Crippen molar-refractivity contribution in [1.82, 2.24) is 4.57 Å². The standard InChI is InChI=1S/C26H30FNO4/c1-4-32-25(31)16-21(30)15-20(29)13-14-24-26(18-9-11-19(27)12-10-18)22-7-5-6-8-23(22)28(24)17(2)3/h5-14,17,20-21,29-30H,4,15-16H2,1-3H3/t20-,21-/m0/s1. The lowest BCUT2D eigenvalue weighted by Crippen LogP contribution is -2.20. The van der Waals surface area contributed by atoms with Crippen molar-refractivity contribution in [1.29, 1.82) is 0 Å². The Kier molecular flexibility index (Phi) is 7.83. The van der Waals surface area contributed by atoms with Gasteiger partial charge >= 0.3 is 5.97 Å². The molecule has 1 aromatic heterocycles. The molecule has 0 aliphatic carbocycles. The van der Waals surface area contributed by atoms with Gasteiger partial charge in [-0.1, -0.05) is 36.4 Å². The first-order valence-electron chi connectivity index (χ1n) is 10.9. The van der Waals surface area contributed by atoms with Crippen molar-refractivity contribution in [2.24, 2.45) is 0 Å². The molecule has 0 fully saturated rings. The van der Waals surface area contributed by atoms with Crippen molar-refractivity contribution in [3.05, 3.63) is 66.1 Å². The maximum absolute atomic E-state index is 13.6. The maximum Gasteiger partial charge on any atom is 0.308 e. The molecule has 2 aromatic carbocycles. The number of para-hydroxylation sites is 1. The van der Waals surface area contributed by atoms with Gasteiger partial charge < -0.3 is 19.5 Å². The molecule has 2 atom stereocenters. The van der Waals surface area contributed by atoms with Crippen molar-refractivity contribution in [2.45, 2.75) is 51.9 Å². The number of aliphatic hydroxyl groups is 2. The first-order valence-corrected chi connectivity index (χ1v) is 10.9. The molecule has 6 heteroatoms. The van der Waals surface area contributed by atoms with Crippen LogP contribution in [0, 0.1) is 5.82 Å². The topological polar surface area (TPSA) is 71.7 Å². The van der Waals surface area contributed by atoms with E-state index in [1.165, 1.54) is 12.1 Å². The molecule has 0 radical (unpaired) electrons. The Balaban J connectivity index is 1.97. The van der Waals surface area contributed by atoms with Gasteiger partial charge in [-0.05, 0) is 50.6 Å². The molecule has 170 valence electrons. The van der Waals surface area contributed by atoms with E-state index in [4.69, 9.17) is 4.74 Å². The highest BCUT2D eigenvalue weighted by Crippen LogP contribution is 2.38. The number of nitrogens with zero attached hydrogens (tertiary/aromatic N) is 1. The fraction of sp³-hybridized carbons (Fsp3) is 0.346. The van der Waals surface area contributed by atoms with Crippen molar-refractivity contribution < 1.29 is 24.1 Å². The summed E-state index contributed by atoms with van der Waals surface area (Å²) < 4.78 is 20.6. The number of halogens is 1. The molecule has 1 heterocycles. The van der Waals surface area contributed by atoms with E-state index in [-0.39, 0.29) is 31.3 Å².